The summed E-state index contributed by atoms with van der Waals surface area (Å²) in [6.45, 7) is 3.82. The van der Waals surface area contributed by atoms with E-state index in [1.165, 1.54) is 34.6 Å². The second-order valence-electron chi connectivity index (χ2n) is 5.53. The summed E-state index contributed by atoms with van der Waals surface area (Å²) in [4.78, 5) is 10.4. The summed E-state index contributed by atoms with van der Waals surface area (Å²) in [6, 6.07) is 7.54. The molecule has 0 radical (unpaired) electrons. The molecule has 2 aromatic rings. The first kappa shape index (κ1) is 21.7. The van der Waals surface area contributed by atoms with Crippen molar-refractivity contribution >= 4 is 39.2 Å². The predicted octanol–water partition coefficient (Wildman–Crippen LogP) is 3.86. The maximum absolute atomic E-state index is 13.7. The van der Waals surface area contributed by atoms with Crippen LogP contribution >= 0.6 is 11.6 Å². The zero-order chi connectivity index (χ0) is 20.9. The van der Waals surface area contributed by atoms with Crippen LogP contribution in [0.25, 0.3) is 0 Å². The van der Waals surface area contributed by atoms with E-state index in [0.29, 0.717) is 0 Å². The molecule has 0 aliphatic carbocycles. The number of hydrogen-bond acceptors (Lipinski definition) is 6. The SMILES string of the molecule is CCN(CC)S(=O)(=O)c1ccc(NN=Cc2c(F)cccc2Cl)c([N+](=O)[O-])c1. The molecule has 0 aliphatic heterocycles. The minimum atomic E-state index is -3.85. The van der Waals surface area contributed by atoms with Crippen molar-refractivity contribution in [3.63, 3.8) is 0 Å². The monoisotopic (exact) mass is 428 g/mol. The number of hydrogen-bond donors (Lipinski definition) is 1. The number of anilines is 1. The highest BCUT2D eigenvalue weighted by Crippen LogP contribution is 2.29. The number of hydrazone groups is 1. The van der Waals surface area contributed by atoms with Gasteiger partial charge in [-0.15, -0.1) is 0 Å². The second kappa shape index (κ2) is 9.09. The highest BCUT2D eigenvalue weighted by Gasteiger charge is 2.25. The van der Waals surface area contributed by atoms with Gasteiger partial charge in [0.05, 0.1) is 21.1 Å². The first-order valence-corrected chi connectivity index (χ1v) is 10.1. The van der Waals surface area contributed by atoms with Gasteiger partial charge in [0.1, 0.15) is 11.5 Å². The quantitative estimate of drug-likeness (QED) is 0.390. The molecule has 0 amide bonds. The fraction of sp³-hybridized carbons (Fsp3) is 0.235. The van der Waals surface area contributed by atoms with E-state index in [1.54, 1.807) is 13.8 Å². The van der Waals surface area contributed by atoms with Crippen LogP contribution in [0.3, 0.4) is 0 Å². The topological polar surface area (TPSA) is 105 Å². The van der Waals surface area contributed by atoms with E-state index >= 15 is 0 Å². The summed E-state index contributed by atoms with van der Waals surface area (Å²) in [5.74, 6) is -0.604. The van der Waals surface area contributed by atoms with Crippen LogP contribution < -0.4 is 5.43 Å². The fourth-order valence-corrected chi connectivity index (χ4v) is 4.12. The van der Waals surface area contributed by atoms with Gasteiger partial charge in [0.2, 0.25) is 10.0 Å². The molecule has 0 aliphatic rings. The van der Waals surface area contributed by atoms with Crippen molar-refractivity contribution in [2.45, 2.75) is 18.7 Å². The van der Waals surface area contributed by atoms with Crippen LogP contribution in [-0.4, -0.2) is 37.0 Å². The van der Waals surface area contributed by atoms with Crippen molar-refractivity contribution in [3.05, 3.63) is 62.9 Å². The average Bonchev–Trinajstić information content (AvgIpc) is 2.64. The third-order valence-corrected chi connectivity index (χ3v) is 6.26. The number of halogens is 2. The van der Waals surface area contributed by atoms with Crippen molar-refractivity contribution in [2.24, 2.45) is 5.10 Å². The van der Waals surface area contributed by atoms with Gasteiger partial charge in [-0.2, -0.15) is 9.41 Å². The van der Waals surface area contributed by atoms with Crippen molar-refractivity contribution in [1.82, 2.24) is 4.31 Å². The van der Waals surface area contributed by atoms with Crippen LogP contribution in [0, 0.1) is 15.9 Å². The number of nitrogens with one attached hydrogen (secondary N) is 1. The lowest BCUT2D eigenvalue weighted by Crippen LogP contribution is -2.30. The number of nitro groups is 1. The molecule has 0 unspecified atom stereocenters. The van der Waals surface area contributed by atoms with Gasteiger partial charge in [0, 0.05) is 24.7 Å². The van der Waals surface area contributed by atoms with E-state index in [9.17, 15) is 22.9 Å². The minimum absolute atomic E-state index is 0.0139. The molecule has 11 heteroatoms. The van der Waals surface area contributed by atoms with Crippen LogP contribution in [0.5, 0.6) is 0 Å². The van der Waals surface area contributed by atoms with Crippen molar-refractivity contribution in [3.8, 4) is 0 Å². The van der Waals surface area contributed by atoms with Crippen LogP contribution in [0.15, 0.2) is 46.4 Å². The van der Waals surface area contributed by atoms with E-state index < -0.39 is 26.5 Å². The van der Waals surface area contributed by atoms with Gasteiger partial charge in [-0.25, -0.2) is 12.8 Å². The number of sulfonamides is 1. The number of nitro benzene ring substituents is 1. The van der Waals surface area contributed by atoms with Crippen molar-refractivity contribution in [2.75, 3.05) is 18.5 Å². The first-order chi connectivity index (χ1) is 13.2. The summed E-state index contributed by atoms with van der Waals surface area (Å²) >= 11 is 5.88. The Morgan fingerprint density at radius 3 is 2.54 bits per heavy atom. The van der Waals surface area contributed by atoms with Crippen LogP contribution in [0.2, 0.25) is 5.02 Å². The molecular formula is C17H18ClFN4O4S. The molecule has 0 fully saturated rings. The molecule has 0 saturated heterocycles. The van der Waals surface area contributed by atoms with Gasteiger partial charge >= 0.3 is 0 Å². The zero-order valence-corrected chi connectivity index (χ0v) is 16.7. The molecule has 0 aromatic heterocycles. The molecule has 0 atom stereocenters. The smallest absolute Gasteiger partial charge is 0.272 e. The predicted molar refractivity (Wildman–Crippen MR) is 106 cm³/mol. The molecule has 28 heavy (non-hydrogen) atoms. The maximum Gasteiger partial charge on any atom is 0.295 e. The van der Waals surface area contributed by atoms with Crippen LogP contribution in [-0.2, 0) is 10.0 Å². The highest BCUT2D eigenvalue weighted by molar-refractivity contribution is 7.89. The Kier molecular flexibility index (Phi) is 7.05. The molecule has 1 N–H and O–H groups in total. The standard InChI is InChI=1S/C17H18ClFN4O4S/c1-3-22(4-2)28(26,27)12-8-9-16(17(10-12)23(24)25)21-20-11-13-14(18)6-5-7-15(13)19/h5-11,21H,3-4H2,1-2H3. The van der Waals surface area contributed by atoms with Gasteiger partial charge in [0.25, 0.3) is 5.69 Å². The van der Waals surface area contributed by atoms with E-state index in [2.05, 4.69) is 10.5 Å². The summed E-state index contributed by atoms with van der Waals surface area (Å²) in [5.41, 5.74) is 1.91. The lowest BCUT2D eigenvalue weighted by molar-refractivity contribution is -0.384. The molecule has 2 rings (SSSR count). The van der Waals surface area contributed by atoms with E-state index in [-0.39, 0.29) is 34.3 Å². The Morgan fingerprint density at radius 2 is 1.96 bits per heavy atom. The fourth-order valence-electron chi connectivity index (χ4n) is 2.43. The lowest BCUT2D eigenvalue weighted by Gasteiger charge is -2.18. The third-order valence-electron chi connectivity index (χ3n) is 3.89. The lowest BCUT2D eigenvalue weighted by atomic mass is 10.2. The third kappa shape index (κ3) is 4.64. The maximum atomic E-state index is 13.7. The van der Waals surface area contributed by atoms with Gasteiger partial charge in [-0.3, -0.25) is 15.5 Å². The highest BCUT2D eigenvalue weighted by atomic mass is 35.5. The normalized spacial score (nSPS) is 11.9. The van der Waals surface area contributed by atoms with E-state index in [1.807, 2.05) is 0 Å². The average molecular weight is 429 g/mol. The Bertz CT molecular complexity index is 990. The molecule has 150 valence electrons. The largest absolute Gasteiger partial charge is 0.295 e. The first-order valence-electron chi connectivity index (χ1n) is 8.24. The number of rotatable bonds is 8. The summed E-state index contributed by atoms with van der Waals surface area (Å²) < 4.78 is 40.0. The van der Waals surface area contributed by atoms with Crippen molar-refractivity contribution < 1.29 is 17.7 Å². The molecule has 8 nitrogen and oxygen atoms in total. The summed E-state index contributed by atoms with van der Waals surface area (Å²) in [7, 11) is -3.85. The van der Waals surface area contributed by atoms with Crippen molar-refractivity contribution in [1.29, 1.82) is 0 Å². The Hall–Kier alpha value is -2.56. The second-order valence-corrected chi connectivity index (χ2v) is 7.88. The number of benzene rings is 2. The van der Waals surface area contributed by atoms with Gasteiger partial charge in [0.15, 0.2) is 0 Å². The van der Waals surface area contributed by atoms with E-state index in [0.717, 1.165) is 12.3 Å². The number of nitrogens with zero attached hydrogens (tertiary/aromatic N) is 3. The van der Waals surface area contributed by atoms with Crippen LogP contribution in [0.4, 0.5) is 15.8 Å². The molecule has 0 heterocycles. The Labute approximate surface area is 166 Å². The zero-order valence-electron chi connectivity index (χ0n) is 15.1. The van der Waals surface area contributed by atoms with Gasteiger partial charge in [-0.05, 0) is 24.3 Å². The minimum Gasteiger partial charge on any atom is -0.272 e. The Balaban J connectivity index is 2.36. The van der Waals surface area contributed by atoms with Gasteiger partial charge in [-0.1, -0.05) is 31.5 Å². The molecule has 0 saturated carbocycles. The Morgan fingerprint density at radius 1 is 1.29 bits per heavy atom. The summed E-state index contributed by atoms with van der Waals surface area (Å²) in [5, 5.41) is 15.3. The summed E-state index contributed by atoms with van der Waals surface area (Å²) in [6.07, 6.45) is 1.09. The molecule has 2 aromatic carbocycles. The molecular weight excluding hydrogens is 411 g/mol. The van der Waals surface area contributed by atoms with E-state index in [4.69, 9.17) is 11.6 Å². The van der Waals surface area contributed by atoms with Crippen LogP contribution in [0.1, 0.15) is 19.4 Å². The molecule has 0 spiro atoms. The molecule has 0 bridgehead atoms. The van der Waals surface area contributed by atoms with Gasteiger partial charge < -0.3 is 0 Å².